The van der Waals surface area contributed by atoms with Crippen LogP contribution in [0.25, 0.3) is 0 Å². The molecule has 9 heteroatoms. The first-order chi connectivity index (χ1) is 17.4. The molecule has 3 aromatic rings. The zero-order chi connectivity index (χ0) is 25.9. The van der Waals surface area contributed by atoms with Crippen LogP contribution in [0.5, 0.6) is 11.5 Å². The number of carbonyl (C=O) groups excluding carboxylic acids is 1. The minimum absolute atomic E-state index is 0.0134. The molecule has 3 aromatic carbocycles. The van der Waals surface area contributed by atoms with Crippen LogP contribution in [0.4, 0.5) is 10.1 Å². The van der Waals surface area contributed by atoms with E-state index in [0.29, 0.717) is 41.2 Å². The van der Waals surface area contributed by atoms with Gasteiger partial charge in [0.1, 0.15) is 12.4 Å². The molecule has 0 bridgehead atoms. The SMILES string of the molecule is C=CCc1cc(/C=N/NC(=O)Cc2ccc(F)cc2)cc(OCC)c1OCc1cccc([N+](=O)[O-])c1. The second-order valence-corrected chi connectivity index (χ2v) is 7.75. The van der Waals surface area contributed by atoms with Crippen LogP contribution in [0.3, 0.4) is 0 Å². The topological polar surface area (TPSA) is 103 Å². The Morgan fingerprint density at radius 1 is 1.14 bits per heavy atom. The Bertz CT molecular complexity index is 1260. The third kappa shape index (κ3) is 7.49. The van der Waals surface area contributed by atoms with E-state index in [-0.39, 0.29) is 30.4 Å². The predicted octanol–water partition coefficient (Wildman–Crippen LogP) is 5.13. The number of hydrogen-bond acceptors (Lipinski definition) is 6. The highest BCUT2D eigenvalue weighted by Crippen LogP contribution is 2.34. The predicted molar refractivity (Wildman–Crippen MR) is 135 cm³/mol. The summed E-state index contributed by atoms with van der Waals surface area (Å²) in [6.45, 7) is 6.13. The zero-order valence-corrected chi connectivity index (χ0v) is 19.8. The molecular formula is C27H26FN3O5. The van der Waals surface area contributed by atoms with Crippen molar-refractivity contribution in [2.45, 2.75) is 26.4 Å². The molecule has 186 valence electrons. The van der Waals surface area contributed by atoms with E-state index in [1.165, 1.54) is 30.5 Å². The molecule has 0 radical (unpaired) electrons. The van der Waals surface area contributed by atoms with Crippen molar-refractivity contribution in [1.29, 1.82) is 0 Å². The van der Waals surface area contributed by atoms with E-state index in [1.807, 2.05) is 13.0 Å². The Hall–Kier alpha value is -4.53. The van der Waals surface area contributed by atoms with Crippen LogP contribution in [-0.2, 0) is 24.2 Å². The van der Waals surface area contributed by atoms with Gasteiger partial charge in [0, 0.05) is 17.7 Å². The van der Waals surface area contributed by atoms with Crippen molar-refractivity contribution in [2.75, 3.05) is 6.61 Å². The van der Waals surface area contributed by atoms with Crippen molar-refractivity contribution in [3.05, 3.63) is 112 Å². The van der Waals surface area contributed by atoms with Crippen LogP contribution < -0.4 is 14.9 Å². The van der Waals surface area contributed by atoms with Gasteiger partial charge in [-0.25, -0.2) is 9.82 Å². The van der Waals surface area contributed by atoms with Gasteiger partial charge in [-0.3, -0.25) is 14.9 Å². The molecule has 0 spiro atoms. The first-order valence-electron chi connectivity index (χ1n) is 11.2. The largest absolute Gasteiger partial charge is 0.490 e. The lowest BCUT2D eigenvalue weighted by Crippen LogP contribution is -2.19. The van der Waals surface area contributed by atoms with Crippen molar-refractivity contribution in [3.63, 3.8) is 0 Å². The van der Waals surface area contributed by atoms with Crippen molar-refractivity contribution >= 4 is 17.8 Å². The van der Waals surface area contributed by atoms with Gasteiger partial charge in [0.05, 0.1) is 24.2 Å². The highest BCUT2D eigenvalue weighted by atomic mass is 19.1. The summed E-state index contributed by atoms with van der Waals surface area (Å²) in [7, 11) is 0. The van der Waals surface area contributed by atoms with E-state index in [0.717, 1.165) is 5.56 Å². The summed E-state index contributed by atoms with van der Waals surface area (Å²) in [5.41, 5.74) is 5.21. The van der Waals surface area contributed by atoms with Crippen LogP contribution >= 0.6 is 0 Å². The molecule has 0 heterocycles. The Morgan fingerprint density at radius 3 is 2.61 bits per heavy atom. The molecule has 3 rings (SSSR count). The number of nitrogens with zero attached hydrogens (tertiary/aromatic N) is 2. The van der Waals surface area contributed by atoms with Gasteiger partial charge >= 0.3 is 0 Å². The number of non-ortho nitro benzene ring substituents is 1. The number of hydrazone groups is 1. The van der Waals surface area contributed by atoms with Gasteiger partial charge in [0.15, 0.2) is 11.5 Å². The number of carbonyl (C=O) groups is 1. The van der Waals surface area contributed by atoms with Crippen LogP contribution in [0, 0.1) is 15.9 Å². The molecule has 0 aromatic heterocycles. The van der Waals surface area contributed by atoms with Crippen LogP contribution in [0.1, 0.15) is 29.2 Å². The molecule has 0 unspecified atom stereocenters. The number of nitro groups is 1. The molecule has 0 saturated heterocycles. The Labute approximate surface area is 208 Å². The average Bonchev–Trinajstić information content (AvgIpc) is 2.85. The minimum Gasteiger partial charge on any atom is -0.490 e. The Balaban J connectivity index is 1.76. The molecular weight excluding hydrogens is 465 g/mol. The maximum absolute atomic E-state index is 13.0. The smallest absolute Gasteiger partial charge is 0.269 e. The van der Waals surface area contributed by atoms with E-state index in [9.17, 15) is 19.3 Å². The molecule has 0 aliphatic carbocycles. The maximum atomic E-state index is 13.0. The number of benzene rings is 3. The van der Waals surface area contributed by atoms with Gasteiger partial charge < -0.3 is 9.47 Å². The second-order valence-electron chi connectivity index (χ2n) is 7.75. The van der Waals surface area contributed by atoms with Crippen LogP contribution in [-0.4, -0.2) is 23.7 Å². The molecule has 0 saturated carbocycles. The second kappa shape index (κ2) is 12.8. The van der Waals surface area contributed by atoms with Crippen molar-refractivity contribution in [1.82, 2.24) is 5.43 Å². The molecule has 0 aliphatic rings. The minimum atomic E-state index is -0.454. The number of rotatable bonds is 12. The van der Waals surface area contributed by atoms with E-state index in [4.69, 9.17) is 9.47 Å². The summed E-state index contributed by atoms with van der Waals surface area (Å²) in [4.78, 5) is 22.8. The standard InChI is InChI=1S/C27H26FN3O5/c1-3-6-22-13-21(17-29-30-26(32)16-19-9-11-23(28)12-10-19)15-25(35-4-2)27(22)36-18-20-7-5-8-24(14-20)31(33)34/h3,5,7-15,17H,1,4,6,16,18H2,2H3,(H,30,32)/b29-17+. The first kappa shape index (κ1) is 26.1. The average molecular weight is 492 g/mol. The summed E-state index contributed by atoms with van der Waals surface area (Å²) >= 11 is 0. The third-order valence-electron chi connectivity index (χ3n) is 5.00. The lowest BCUT2D eigenvalue weighted by atomic mass is 10.1. The van der Waals surface area contributed by atoms with Crippen molar-refractivity contribution in [2.24, 2.45) is 5.10 Å². The Morgan fingerprint density at radius 2 is 1.92 bits per heavy atom. The lowest BCUT2D eigenvalue weighted by Gasteiger charge is -2.16. The van der Waals surface area contributed by atoms with E-state index < -0.39 is 4.92 Å². The summed E-state index contributed by atoms with van der Waals surface area (Å²) in [6, 6.07) is 15.5. The fraction of sp³-hybridized carbons (Fsp3) is 0.185. The fourth-order valence-corrected chi connectivity index (χ4v) is 3.41. The maximum Gasteiger partial charge on any atom is 0.269 e. The van der Waals surface area contributed by atoms with E-state index in [1.54, 1.807) is 36.4 Å². The highest BCUT2D eigenvalue weighted by molar-refractivity contribution is 5.84. The summed E-state index contributed by atoms with van der Waals surface area (Å²) < 4.78 is 24.8. The van der Waals surface area contributed by atoms with Gasteiger partial charge in [-0.05, 0) is 54.3 Å². The molecule has 36 heavy (non-hydrogen) atoms. The number of halogens is 1. The number of nitrogens with one attached hydrogen (secondary N) is 1. The lowest BCUT2D eigenvalue weighted by molar-refractivity contribution is -0.384. The van der Waals surface area contributed by atoms with E-state index in [2.05, 4.69) is 17.1 Å². The number of nitro benzene ring substituents is 1. The number of allylic oxidation sites excluding steroid dienone is 1. The van der Waals surface area contributed by atoms with Crippen LogP contribution in [0.2, 0.25) is 0 Å². The zero-order valence-electron chi connectivity index (χ0n) is 19.8. The van der Waals surface area contributed by atoms with Crippen LogP contribution in [0.15, 0.2) is 78.4 Å². The summed E-state index contributed by atoms with van der Waals surface area (Å²) in [6.07, 6.45) is 3.75. The first-order valence-corrected chi connectivity index (χ1v) is 11.2. The monoisotopic (exact) mass is 491 g/mol. The van der Waals surface area contributed by atoms with Gasteiger partial charge in [-0.2, -0.15) is 5.10 Å². The van der Waals surface area contributed by atoms with E-state index >= 15 is 0 Å². The normalized spacial score (nSPS) is 10.7. The molecule has 1 N–H and O–H groups in total. The van der Waals surface area contributed by atoms with Crippen molar-refractivity contribution < 1.29 is 23.6 Å². The van der Waals surface area contributed by atoms with Gasteiger partial charge in [0.2, 0.25) is 5.91 Å². The number of ether oxygens (including phenoxy) is 2. The molecule has 0 atom stereocenters. The summed E-state index contributed by atoms with van der Waals surface area (Å²) in [5.74, 6) is 0.267. The van der Waals surface area contributed by atoms with Crippen molar-refractivity contribution in [3.8, 4) is 11.5 Å². The van der Waals surface area contributed by atoms with Gasteiger partial charge in [-0.1, -0.05) is 30.3 Å². The number of amides is 1. The molecule has 0 fully saturated rings. The number of hydrogen-bond donors (Lipinski definition) is 1. The van der Waals surface area contributed by atoms with Gasteiger partial charge in [0.25, 0.3) is 5.69 Å². The van der Waals surface area contributed by atoms with Gasteiger partial charge in [-0.15, -0.1) is 6.58 Å². The molecule has 0 aliphatic heterocycles. The molecule has 8 nitrogen and oxygen atoms in total. The quantitative estimate of drug-likeness (QED) is 0.164. The molecule has 1 amide bonds. The summed E-state index contributed by atoms with van der Waals surface area (Å²) in [5, 5.41) is 15.1. The third-order valence-corrected chi connectivity index (χ3v) is 5.00. The fourth-order valence-electron chi connectivity index (χ4n) is 3.41. The highest BCUT2D eigenvalue weighted by Gasteiger charge is 2.14. The Kier molecular flexibility index (Phi) is 9.27.